The van der Waals surface area contributed by atoms with Gasteiger partial charge in [-0.25, -0.2) is 10.4 Å². The van der Waals surface area contributed by atoms with E-state index in [4.69, 9.17) is 20.9 Å². The normalized spacial score (nSPS) is 11.2. The van der Waals surface area contributed by atoms with Gasteiger partial charge in [-0.15, -0.1) is 0 Å². The summed E-state index contributed by atoms with van der Waals surface area (Å²) in [4.78, 5) is 16.5. The summed E-state index contributed by atoms with van der Waals surface area (Å²) in [7, 11) is 0. The minimum absolute atomic E-state index is 0.233. The zero-order valence-electron chi connectivity index (χ0n) is 16.3. The standard InChI is InChI=1S/C22H16BrClN4O3/c1-13-2-4-18-14(8-13)9-15(22(24)27-18)11-25-28-21(29)12-30-19-5-3-16(23)10-17(19)20-6-7-26-31-20/h2-11H,12H2,1H3,(H,28,29)/b25-11+. The van der Waals surface area contributed by atoms with Gasteiger partial charge in [-0.3, -0.25) is 4.79 Å². The van der Waals surface area contributed by atoms with Crippen LogP contribution >= 0.6 is 27.5 Å². The highest BCUT2D eigenvalue weighted by Crippen LogP contribution is 2.32. The van der Waals surface area contributed by atoms with E-state index in [1.54, 1.807) is 12.1 Å². The number of nitrogens with one attached hydrogen (secondary N) is 1. The van der Waals surface area contributed by atoms with E-state index >= 15 is 0 Å². The van der Waals surface area contributed by atoms with E-state index in [2.05, 4.69) is 36.6 Å². The van der Waals surface area contributed by atoms with Gasteiger partial charge >= 0.3 is 0 Å². The van der Waals surface area contributed by atoms with Crippen LogP contribution in [0.3, 0.4) is 0 Å². The van der Waals surface area contributed by atoms with Crippen LogP contribution < -0.4 is 10.2 Å². The van der Waals surface area contributed by atoms with Crippen molar-refractivity contribution in [3.63, 3.8) is 0 Å². The lowest BCUT2D eigenvalue weighted by Crippen LogP contribution is -2.24. The van der Waals surface area contributed by atoms with Gasteiger partial charge in [-0.2, -0.15) is 5.10 Å². The topological polar surface area (TPSA) is 89.6 Å². The van der Waals surface area contributed by atoms with Crippen molar-refractivity contribution in [3.05, 3.63) is 75.5 Å². The van der Waals surface area contributed by atoms with E-state index in [9.17, 15) is 4.79 Å². The molecule has 0 spiro atoms. The molecule has 9 heteroatoms. The molecule has 2 aromatic carbocycles. The highest BCUT2D eigenvalue weighted by molar-refractivity contribution is 9.10. The van der Waals surface area contributed by atoms with Crippen molar-refractivity contribution in [1.29, 1.82) is 0 Å². The Morgan fingerprint density at radius 2 is 2.13 bits per heavy atom. The lowest BCUT2D eigenvalue weighted by atomic mass is 10.1. The maximum absolute atomic E-state index is 12.2. The summed E-state index contributed by atoms with van der Waals surface area (Å²) in [6.45, 7) is 1.77. The molecule has 0 atom stereocenters. The second-order valence-electron chi connectivity index (χ2n) is 6.66. The molecule has 4 aromatic rings. The molecule has 4 rings (SSSR count). The van der Waals surface area contributed by atoms with Gasteiger partial charge in [0.15, 0.2) is 12.4 Å². The first-order valence-corrected chi connectivity index (χ1v) is 10.4. The summed E-state index contributed by atoms with van der Waals surface area (Å²) in [6.07, 6.45) is 2.99. The van der Waals surface area contributed by atoms with Crippen LogP contribution in [0.5, 0.6) is 5.75 Å². The van der Waals surface area contributed by atoms with E-state index < -0.39 is 5.91 Å². The number of carbonyl (C=O) groups is 1. The molecule has 0 radical (unpaired) electrons. The minimum Gasteiger partial charge on any atom is -0.483 e. The van der Waals surface area contributed by atoms with Crippen molar-refractivity contribution in [2.75, 3.05) is 6.61 Å². The number of hydrogen-bond donors (Lipinski definition) is 1. The number of hydrogen-bond acceptors (Lipinski definition) is 6. The Morgan fingerprint density at radius 1 is 1.26 bits per heavy atom. The van der Waals surface area contributed by atoms with Crippen LogP contribution in [0, 0.1) is 6.92 Å². The summed E-state index contributed by atoms with van der Waals surface area (Å²) < 4.78 is 11.7. The molecular weight excluding hydrogens is 484 g/mol. The number of aryl methyl sites for hydroxylation is 1. The second kappa shape index (κ2) is 9.28. The van der Waals surface area contributed by atoms with E-state index in [0.29, 0.717) is 27.8 Å². The summed E-state index contributed by atoms with van der Waals surface area (Å²) in [6, 6.07) is 14.8. The number of fused-ring (bicyclic) bond motifs is 1. The number of halogens is 2. The number of pyridine rings is 1. The molecule has 0 saturated heterocycles. The van der Waals surface area contributed by atoms with Crippen LogP contribution in [0.25, 0.3) is 22.2 Å². The molecule has 0 saturated carbocycles. The van der Waals surface area contributed by atoms with E-state index in [0.717, 1.165) is 20.9 Å². The van der Waals surface area contributed by atoms with Crippen LogP contribution in [0.15, 0.2) is 68.8 Å². The van der Waals surface area contributed by atoms with E-state index in [1.807, 2.05) is 43.3 Å². The summed E-state index contributed by atoms with van der Waals surface area (Å²) >= 11 is 9.63. The number of hydrazone groups is 1. The number of ether oxygens (including phenoxy) is 1. The highest BCUT2D eigenvalue weighted by Gasteiger charge is 2.12. The molecule has 0 aliphatic heterocycles. The molecule has 31 heavy (non-hydrogen) atoms. The van der Waals surface area contributed by atoms with Gasteiger partial charge in [-0.05, 0) is 43.3 Å². The molecule has 1 N–H and O–H groups in total. The first-order chi connectivity index (χ1) is 15.0. The van der Waals surface area contributed by atoms with Gasteiger partial charge in [0, 0.05) is 21.5 Å². The first-order valence-electron chi connectivity index (χ1n) is 9.22. The number of carbonyl (C=O) groups excluding carboxylic acids is 1. The maximum atomic E-state index is 12.2. The predicted octanol–water partition coefficient (Wildman–Crippen LogP) is 5.14. The summed E-state index contributed by atoms with van der Waals surface area (Å²) in [5.74, 6) is 0.586. The number of nitrogens with zero attached hydrogens (tertiary/aromatic N) is 3. The Balaban J connectivity index is 1.41. The summed E-state index contributed by atoms with van der Waals surface area (Å²) in [5.41, 5.74) is 5.61. The molecule has 0 aliphatic carbocycles. The first kappa shape index (κ1) is 21.0. The Hall–Kier alpha value is -3.23. The Kier molecular flexibility index (Phi) is 6.29. The van der Waals surface area contributed by atoms with Crippen LogP contribution in [-0.4, -0.2) is 28.9 Å². The molecular formula is C22H16BrClN4O3. The van der Waals surface area contributed by atoms with Crippen molar-refractivity contribution in [2.45, 2.75) is 6.92 Å². The number of rotatable bonds is 6. The third kappa shape index (κ3) is 5.10. The molecule has 0 bridgehead atoms. The molecule has 2 aromatic heterocycles. The number of aromatic nitrogens is 2. The molecule has 1 amide bonds. The minimum atomic E-state index is -0.427. The van der Waals surface area contributed by atoms with Gasteiger partial charge in [-0.1, -0.05) is 44.3 Å². The van der Waals surface area contributed by atoms with Gasteiger partial charge < -0.3 is 9.26 Å². The smallest absolute Gasteiger partial charge is 0.277 e. The zero-order valence-corrected chi connectivity index (χ0v) is 18.6. The van der Waals surface area contributed by atoms with E-state index in [-0.39, 0.29) is 6.61 Å². The van der Waals surface area contributed by atoms with Gasteiger partial charge in [0.25, 0.3) is 5.91 Å². The lowest BCUT2D eigenvalue weighted by molar-refractivity contribution is -0.123. The average molecular weight is 500 g/mol. The number of benzene rings is 2. The van der Waals surface area contributed by atoms with E-state index in [1.165, 1.54) is 12.4 Å². The molecule has 7 nitrogen and oxygen atoms in total. The van der Waals surface area contributed by atoms with Crippen LogP contribution in [-0.2, 0) is 4.79 Å². The fourth-order valence-electron chi connectivity index (χ4n) is 2.90. The quantitative estimate of drug-likeness (QED) is 0.225. The van der Waals surface area contributed by atoms with Gasteiger partial charge in [0.1, 0.15) is 10.9 Å². The summed E-state index contributed by atoms with van der Waals surface area (Å²) in [5, 5.41) is 8.91. The SMILES string of the molecule is Cc1ccc2nc(Cl)c(/C=N/NC(=O)COc3ccc(Br)cc3-c3ccno3)cc2c1. The average Bonchev–Trinajstić information content (AvgIpc) is 3.28. The van der Waals surface area contributed by atoms with Gasteiger partial charge in [0.05, 0.1) is 23.5 Å². The molecule has 0 fully saturated rings. The monoisotopic (exact) mass is 498 g/mol. The fourth-order valence-corrected chi connectivity index (χ4v) is 3.46. The Labute approximate surface area is 191 Å². The molecule has 0 unspecified atom stereocenters. The largest absolute Gasteiger partial charge is 0.483 e. The second-order valence-corrected chi connectivity index (χ2v) is 7.94. The lowest BCUT2D eigenvalue weighted by Gasteiger charge is -2.09. The molecule has 2 heterocycles. The van der Waals surface area contributed by atoms with Crippen LogP contribution in [0.4, 0.5) is 0 Å². The third-order valence-corrected chi connectivity index (χ3v) is 5.14. The van der Waals surface area contributed by atoms with Gasteiger partial charge in [0.2, 0.25) is 0 Å². The molecule has 0 aliphatic rings. The van der Waals surface area contributed by atoms with Crippen molar-refractivity contribution in [1.82, 2.24) is 15.6 Å². The fraction of sp³-hybridized carbons (Fsp3) is 0.0909. The van der Waals surface area contributed by atoms with Crippen molar-refractivity contribution >= 4 is 50.6 Å². The van der Waals surface area contributed by atoms with Crippen molar-refractivity contribution in [2.24, 2.45) is 5.10 Å². The predicted molar refractivity (Wildman–Crippen MR) is 122 cm³/mol. The number of amides is 1. The Bertz CT molecular complexity index is 1280. The third-order valence-electron chi connectivity index (χ3n) is 4.35. The van der Waals surface area contributed by atoms with Crippen LogP contribution in [0.1, 0.15) is 11.1 Å². The highest BCUT2D eigenvalue weighted by atomic mass is 79.9. The van der Waals surface area contributed by atoms with Crippen LogP contribution in [0.2, 0.25) is 5.15 Å². The zero-order chi connectivity index (χ0) is 21.8. The molecule has 156 valence electrons. The van der Waals surface area contributed by atoms with Crippen molar-refractivity contribution < 1.29 is 14.1 Å². The maximum Gasteiger partial charge on any atom is 0.277 e. The Morgan fingerprint density at radius 3 is 2.94 bits per heavy atom. The van der Waals surface area contributed by atoms with Crippen molar-refractivity contribution in [3.8, 4) is 17.1 Å².